The first-order valence-electron chi connectivity index (χ1n) is 4.55. The van der Waals surface area contributed by atoms with Crippen LogP contribution >= 0.6 is 15.9 Å². The normalized spacial score (nSPS) is 12.7. The molecule has 1 aromatic heterocycles. The van der Waals surface area contributed by atoms with Gasteiger partial charge >= 0.3 is 5.69 Å². The highest BCUT2D eigenvalue weighted by atomic mass is 79.9. The van der Waals surface area contributed by atoms with Gasteiger partial charge in [-0.15, -0.1) is 0 Å². The molecule has 0 aliphatic carbocycles. The summed E-state index contributed by atoms with van der Waals surface area (Å²) in [4.78, 5) is 11.3. The molecular formula is C10H10BrN3O. The third kappa shape index (κ3) is 2.02. The fourth-order valence-electron chi connectivity index (χ4n) is 1.43. The summed E-state index contributed by atoms with van der Waals surface area (Å²) in [5, 5.41) is 6.08. The van der Waals surface area contributed by atoms with E-state index in [1.165, 1.54) is 6.33 Å². The van der Waals surface area contributed by atoms with Crippen molar-refractivity contribution < 1.29 is 0 Å². The Bertz CT molecular complexity index is 500. The predicted molar refractivity (Wildman–Crippen MR) is 60.8 cm³/mol. The Morgan fingerprint density at radius 3 is 2.60 bits per heavy atom. The third-order valence-electron chi connectivity index (χ3n) is 2.35. The molecule has 0 fully saturated rings. The number of aromatic amines is 1. The van der Waals surface area contributed by atoms with Crippen molar-refractivity contribution in [3.8, 4) is 0 Å². The van der Waals surface area contributed by atoms with E-state index in [-0.39, 0.29) is 11.7 Å². The van der Waals surface area contributed by atoms with Gasteiger partial charge in [-0.1, -0.05) is 28.1 Å². The van der Waals surface area contributed by atoms with Crippen molar-refractivity contribution in [2.24, 2.45) is 0 Å². The van der Waals surface area contributed by atoms with E-state index >= 15 is 0 Å². The molecule has 2 rings (SSSR count). The molecular weight excluding hydrogens is 258 g/mol. The number of nitrogens with one attached hydrogen (secondary N) is 1. The summed E-state index contributed by atoms with van der Waals surface area (Å²) in [6, 6.07) is 7.86. The van der Waals surface area contributed by atoms with Crippen LogP contribution < -0.4 is 5.69 Å². The quantitative estimate of drug-likeness (QED) is 0.904. The summed E-state index contributed by atoms with van der Waals surface area (Å²) >= 11 is 3.37. The number of hydrogen-bond acceptors (Lipinski definition) is 2. The van der Waals surface area contributed by atoms with Crippen LogP contribution in [0.1, 0.15) is 18.5 Å². The second-order valence-electron chi connectivity index (χ2n) is 3.30. The van der Waals surface area contributed by atoms with E-state index in [4.69, 9.17) is 0 Å². The average Bonchev–Trinajstić information content (AvgIpc) is 2.65. The summed E-state index contributed by atoms with van der Waals surface area (Å²) in [6.45, 7) is 1.96. The van der Waals surface area contributed by atoms with E-state index in [2.05, 4.69) is 26.1 Å². The van der Waals surface area contributed by atoms with Crippen molar-refractivity contribution in [2.45, 2.75) is 13.0 Å². The van der Waals surface area contributed by atoms with Gasteiger partial charge in [0.05, 0.1) is 6.04 Å². The summed E-state index contributed by atoms with van der Waals surface area (Å²) in [6.07, 6.45) is 1.51. The Hall–Kier alpha value is -1.36. The first-order chi connectivity index (χ1) is 7.18. The maximum absolute atomic E-state index is 11.3. The number of H-pyrrole nitrogens is 1. The van der Waals surface area contributed by atoms with Crippen molar-refractivity contribution >= 4 is 15.9 Å². The molecule has 0 bridgehead atoms. The minimum Gasteiger partial charge on any atom is -0.274 e. The molecule has 0 radical (unpaired) electrons. The number of benzene rings is 1. The number of nitrogens with zero attached hydrogens (tertiary/aromatic N) is 2. The molecule has 1 N–H and O–H groups in total. The van der Waals surface area contributed by atoms with Gasteiger partial charge in [0.15, 0.2) is 0 Å². The Balaban J connectivity index is 2.36. The lowest BCUT2D eigenvalue weighted by Crippen LogP contribution is -2.20. The zero-order valence-electron chi connectivity index (χ0n) is 8.14. The van der Waals surface area contributed by atoms with Gasteiger partial charge in [0.25, 0.3) is 0 Å². The third-order valence-corrected chi connectivity index (χ3v) is 2.88. The van der Waals surface area contributed by atoms with Crippen LogP contribution in [0, 0.1) is 0 Å². The smallest absolute Gasteiger partial charge is 0.274 e. The second-order valence-corrected chi connectivity index (χ2v) is 4.21. The van der Waals surface area contributed by atoms with E-state index in [1.54, 1.807) is 4.57 Å². The first kappa shape index (κ1) is 10.2. The Morgan fingerprint density at radius 2 is 2.07 bits per heavy atom. The molecule has 15 heavy (non-hydrogen) atoms. The van der Waals surface area contributed by atoms with Gasteiger partial charge < -0.3 is 0 Å². The fraction of sp³-hybridized carbons (Fsp3) is 0.200. The van der Waals surface area contributed by atoms with E-state index in [0.29, 0.717) is 0 Å². The van der Waals surface area contributed by atoms with Crippen LogP contribution in [0.3, 0.4) is 0 Å². The molecule has 78 valence electrons. The van der Waals surface area contributed by atoms with Crippen LogP contribution in [-0.2, 0) is 0 Å². The van der Waals surface area contributed by atoms with Crippen LogP contribution in [0.15, 0.2) is 39.9 Å². The molecule has 4 nitrogen and oxygen atoms in total. The van der Waals surface area contributed by atoms with Gasteiger partial charge in [0, 0.05) is 4.47 Å². The minimum atomic E-state index is -0.189. The van der Waals surface area contributed by atoms with Crippen molar-refractivity contribution in [1.29, 1.82) is 0 Å². The van der Waals surface area contributed by atoms with Gasteiger partial charge in [-0.2, -0.15) is 5.10 Å². The Labute approximate surface area is 95.1 Å². The standard InChI is InChI=1S/C10H10BrN3O/c1-7(14-6-12-13-10(14)15)8-2-4-9(11)5-3-8/h2-7H,1H3,(H,13,15). The lowest BCUT2D eigenvalue weighted by molar-refractivity contribution is 0.616. The highest BCUT2D eigenvalue weighted by molar-refractivity contribution is 9.10. The van der Waals surface area contributed by atoms with Crippen molar-refractivity contribution in [2.75, 3.05) is 0 Å². The van der Waals surface area contributed by atoms with Gasteiger partial charge in [0.2, 0.25) is 0 Å². The molecule has 0 amide bonds. The summed E-state index contributed by atoms with van der Waals surface area (Å²) in [5.74, 6) is 0. The molecule has 0 saturated heterocycles. The van der Waals surface area contributed by atoms with Gasteiger partial charge in [-0.05, 0) is 24.6 Å². The Kier molecular flexibility index (Phi) is 2.73. The highest BCUT2D eigenvalue weighted by Crippen LogP contribution is 2.18. The van der Waals surface area contributed by atoms with Crippen LogP contribution in [0.2, 0.25) is 0 Å². The van der Waals surface area contributed by atoms with E-state index in [0.717, 1.165) is 10.0 Å². The topological polar surface area (TPSA) is 50.7 Å². The monoisotopic (exact) mass is 267 g/mol. The van der Waals surface area contributed by atoms with E-state index in [9.17, 15) is 4.79 Å². The SMILES string of the molecule is CC(c1ccc(Br)cc1)n1cn[nH]c1=O. The molecule has 0 saturated carbocycles. The lowest BCUT2D eigenvalue weighted by atomic mass is 10.1. The van der Waals surface area contributed by atoms with Crippen LogP contribution in [-0.4, -0.2) is 14.8 Å². The minimum absolute atomic E-state index is 0.00986. The molecule has 5 heteroatoms. The van der Waals surface area contributed by atoms with Crippen LogP contribution in [0.25, 0.3) is 0 Å². The predicted octanol–water partition coefficient (Wildman–Crippen LogP) is 1.94. The maximum Gasteiger partial charge on any atom is 0.343 e. The second kappa shape index (κ2) is 4.02. The summed E-state index contributed by atoms with van der Waals surface area (Å²) in [7, 11) is 0. The zero-order valence-corrected chi connectivity index (χ0v) is 9.73. The molecule has 0 spiro atoms. The molecule has 1 unspecified atom stereocenters. The highest BCUT2D eigenvalue weighted by Gasteiger charge is 2.09. The van der Waals surface area contributed by atoms with Crippen molar-refractivity contribution in [1.82, 2.24) is 14.8 Å². The van der Waals surface area contributed by atoms with E-state index < -0.39 is 0 Å². The molecule has 0 aliphatic rings. The lowest BCUT2D eigenvalue weighted by Gasteiger charge is -2.11. The Morgan fingerprint density at radius 1 is 1.40 bits per heavy atom. The van der Waals surface area contributed by atoms with Crippen LogP contribution in [0.4, 0.5) is 0 Å². The molecule has 1 heterocycles. The first-order valence-corrected chi connectivity index (χ1v) is 5.35. The number of halogens is 1. The molecule has 2 aromatic rings. The van der Waals surface area contributed by atoms with Crippen molar-refractivity contribution in [3.63, 3.8) is 0 Å². The van der Waals surface area contributed by atoms with E-state index in [1.807, 2.05) is 31.2 Å². The maximum atomic E-state index is 11.3. The van der Waals surface area contributed by atoms with Gasteiger partial charge in [-0.3, -0.25) is 4.57 Å². The van der Waals surface area contributed by atoms with Crippen molar-refractivity contribution in [3.05, 3.63) is 51.1 Å². The largest absolute Gasteiger partial charge is 0.343 e. The molecule has 1 aromatic carbocycles. The van der Waals surface area contributed by atoms with Gasteiger partial charge in [0.1, 0.15) is 6.33 Å². The molecule has 0 aliphatic heterocycles. The number of hydrogen-bond donors (Lipinski definition) is 1. The molecule has 1 atom stereocenters. The summed E-state index contributed by atoms with van der Waals surface area (Å²) < 4.78 is 2.58. The zero-order chi connectivity index (χ0) is 10.8. The van der Waals surface area contributed by atoms with Crippen LogP contribution in [0.5, 0.6) is 0 Å². The number of aromatic nitrogens is 3. The average molecular weight is 268 g/mol. The number of rotatable bonds is 2. The summed E-state index contributed by atoms with van der Waals surface area (Å²) in [5.41, 5.74) is 0.882. The van der Waals surface area contributed by atoms with Gasteiger partial charge in [-0.25, -0.2) is 9.89 Å². The fourth-order valence-corrected chi connectivity index (χ4v) is 1.70.